The minimum absolute atomic E-state index is 0.222. The van der Waals surface area contributed by atoms with Gasteiger partial charge in [0.2, 0.25) is 5.91 Å². The molecule has 2 aromatic rings. The molecule has 0 fully saturated rings. The molecule has 142 valence electrons. The summed E-state index contributed by atoms with van der Waals surface area (Å²) in [6.07, 6.45) is -0.713. The number of methoxy groups -OCH3 is 1. The van der Waals surface area contributed by atoms with Crippen LogP contribution < -0.4 is 10.2 Å². The molecule has 2 heterocycles. The number of carbonyl (C=O) groups excluding carboxylic acids is 4. The number of hydrogen-bond donors (Lipinski definition) is 1. The van der Waals surface area contributed by atoms with Gasteiger partial charge in [0, 0.05) is 11.1 Å². The van der Waals surface area contributed by atoms with Crippen molar-refractivity contribution in [1.29, 1.82) is 0 Å². The van der Waals surface area contributed by atoms with Crippen LogP contribution >= 0.6 is 0 Å². The van der Waals surface area contributed by atoms with E-state index in [1.807, 2.05) is 0 Å². The van der Waals surface area contributed by atoms with Gasteiger partial charge in [0.25, 0.3) is 11.8 Å². The molecular formula is C20H17N3O5. The molecule has 4 rings (SSSR count). The van der Waals surface area contributed by atoms with Gasteiger partial charge in [-0.15, -0.1) is 0 Å². The summed E-state index contributed by atoms with van der Waals surface area (Å²) in [7, 11) is 1.22. The average Bonchev–Trinajstić information content (AvgIpc) is 3.02. The number of rotatable bonds is 4. The topological polar surface area (TPSA) is 96.0 Å². The number of hydrogen-bond acceptors (Lipinski definition) is 5. The molecule has 2 aliphatic heterocycles. The van der Waals surface area contributed by atoms with Crippen LogP contribution in [0.1, 0.15) is 32.4 Å². The number of nitrogens with one attached hydrogen (secondary N) is 1. The maximum absolute atomic E-state index is 13.1. The fourth-order valence-electron chi connectivity index (χ4n) is 3.59. The number of carbonyl (C=O) groups is 4. The molecule has 8 nitrogen and oxygen atoms in total. The van der Waals surface area contributed by atoms with E-state index in [0.717, 1.165) is 0 Å². The van der Waals surface area contributed by atoms with Crippen molar-refractivity contribution in [2.24, 2.45) is 0 Å². The number of para-hydroxylation sites is 1. The average molecular weight is 379 g/mol. The molecule has 0 spiro atoms. The van der Waals surface area contributed by atoms with Crippen LogP contribution in [0.2, 0.25) is 0 Å². The monoisotopic (exact) mass is 379 g/mol. The summed E-state index contributed by atoms with van der Waals surface area (Å²) in [5.41, 5.74) is 2.03. The Morgan fingerprint density at radius 3 is 2.43 bits per heavy atom. The number of nitrogens with zero attached hydrogens (tertiary/aromatic N) is 2. The van der Waals surface area contributed by atoms with Gasteiger partial charge in [0.15, 0.2) is 0 Å². The van der Waals surface area contributed by atoms with Crippen LogP contribution in [-0.2, 0) is 14.3 Å². The summed E-state index contributed by atoms with van der Waals surface area (Å²) in [5.74, 6) is -1.68. The van der Waals surface area contributed by atoms with Gasteiger partial charge in [-0.3, -0.25) is 24.1 Å². The Kier molecular flexibility index (Phi) is 4.31. The Balaban J connectivity index is 1.72. The zero-order chi connectivity index (χ0) is 19.8. The van der Waals surface area contributed by atoms with E-state index in [-0.39, 0.29) is 24.9 Å². The van der Waals surface area contributed by atoms with Crippen LogP contribution in [0.25, 0.3) is 0 Å². The summed E-state index contributed by atoms with van der Waals surface area (Å²) in [6, 6.07) is 13.9. The van der Waals surface area contributed by atoms with Crippen LogP contribution in [0.4, 0.5) is 5.69 Å². The minimum Gasteiger partial charge on any atom is -0.468 e. The zero-order valence-corrected chi connectivity index (χ0v) is 15.0. The number of ether oxygens (including phenoxy) is 1. The number of anilines is 1. The largest absolute Gasteiger partial charge is 0.468 e. The van der Waals surface area contributed by atoms with E-state index >= 15 is 0 Å². The predicted octanol–water partition coefficient (Wildman–Crippen LogP) is 1.09. The molecule has 8 heteroatoms. The predicted molar refractivity (Wildman–Crippen MR) is 98.5 cm³/mol. The summed E-state index contributed by atoms with van der Waals surface area (Å²) < 4.78 is 4.50. The van der Waals surface area contributed by atoms with Crippen molar-refractivity contribution < 1.29 is 23.9 Å². The van der Waals surface area contributed by atoms with E-state index in [1.165, 1.54) is 16.9 Å². The van der Waals surface area contributed by atoms with Crippen molar-refractivity contribution in [1.82, 2.24) is 10.2 Å². The molecule has 0 aromatic heterocycles. The number of fused-ring (bicyclic) bond motifs is 5. The quantitative estimate of drug-likeness (QED) is 0.803. The van der Waals surface area contributed by atoms with Gasteiger partial charge in [-0.05, 0) is 18.2 Å². The molecule has 2 aromatic carbocycles. The van der Waals surface area contributed by atoms with Gasteiger partial charge in [-0.1, -0.05) is 30.3 Å². The Hall–Kier alpha value is -3.68. The normalized spacial score (nSPS) is 17.0. The van der Waals surface area contributed by atoms with E-state index in [0.29, 0.717) is 22.4 Å². The first-order valence-corrected chi connectivity index (χ1v) is 8.69. The summed E-state index contributed by atoms with van der Waals surface area (Å²) in [4.78, 5) is 52.6. The van der Waals surface area contributed by atoms with Crippen molar-refractivity contribution in [3.05, 3.63) is 65.2 Å². The Morgan fingerprint density at radius 2 is 1.68 bits per heavy atom. The lowest BCUT2D eigenvalue weighted by Crippen LogP contribution is -2.51. The SMILES string of the molecule is COC(=O)CNC(=O)CN1C(=O)c2ccccc2N2C(=O)c3ccccc3C12. The molecule has 1 unspecified atom stereocenters. The highest BCUT2D eigenvalue weighted by atomic mass is 16.5. The summed E-state index contributed by atoms with van der Waals surface area (Å²) in [5, 5.41) is 2.43. The van der Waals surface area contributed by atoms with E-state index in [4.69, 9.17) is 0 Å². The molecule has 0 saturated carbocycles. The Labute approximate surface area is 160 Å². The zero-order valence-electron chi connectivity index (χ0n) is 15.0. The van der Waals surface area contributed by atoms with Crippen LogP contribution in [0, 0.1) is 0 Å². The first-order valence-electron chi connectivity index (χ1n) is 8.69. The lowest BCUT2D eigenvalue weighted by Gasteiger charge is -2.40. The van der Waals surface area contributed by atoms with Gasteiger partial charge in [-0.2, -0.15) is 0 Å². The molecule has 1 N–H and O–H groups in total. The number of amides is 3. The van der Waals surface area contributed by atoms with Gasteiger partial charge in [0.05, 0.1) is 18.4 Å². The Bertz CT molecular complexity index is 1000. The highest BCUT2D eigenvalue weighted by molar-refractivity contribution is 6.17. The second-order valence-electron chi connectivity index (χ2n) is 6.44. The minimum atomic E-state index is -0.713. The first-order chi connectivity index (χ1) is 13.5. The van der Waals surface area contributed by atoms with E-state index < -0.39 is 18.0 Å². The standard InChI is InChI=1S/C20H17N3O5/c1-28-17(25)10-21-16(24)11-22-18-12-6-2-3-7-13(12)20(27)23(18)15-9-5-4-8-14(15)19(22)26/h2-9,18H,10-11H2,1H3,(H,21,24). The molecule has 2 aliphatic rings. The number of benzene rings is 2. The van der Waals surface area contributed by atoms with Gasteiger partial charge >= 0.3 is 5.97 Å². The lowest BCUT2D eigenvalue weighted by atomic mass is 10.0. The van der Waals surface area contributed by atoms with E-state index in [9.17, 15) is 19.2 Å². The molecule has 28 heavy (non-hydrogen) atoms. The second kappa shape index (κ2) is 6.80. The maximum Gasteiger partial charge on any atom is 0.325 e. The molecule has 0 saturated heterocycles. The third-order valence-electron chi connectivity index (χ3n) is 4.85. The summed E-state index contributed by atoms with van der Waals surface area (Å²) >= 11 is 0. The van der Waals surface area contributed by atoms with Crippen molar-refractivity contribution in [2.75, 3.05) is 25.1 Å². The van der Waals surface area contributed by atoms with Crippen LogP contribution in [0.5, 0.6) is 0 Å². The van der Waals surface area contributed by atoms with Crippen molar-refractivity contribution >= 4 is 29.4 Å². The van der Waals surface area contributed by atoms with Crippen LogP contribution in [-0.4, -0.2) is 48.8 Å². The number of esters is 1. The fraction of sp³-hybridized carbons (Fsp3) is 0.200. The summed E-state index contributed by atoms with van der Waals surface area (Å²) in [6.45, 7) is -0.592. The van der Waals surface area contributed by atoms with E-state index in [2.05, 4.69) is 10.1 Å². The smallest absolute Gasteiger partial charge is 0.325 e. The molecule has 0 bridgehead atoms. The fourth-order valence-corrected chi connectivity index (χ4v) is 3.59. The van der Waals surface area contributed by atoms with E-state index in [1.54, 1.807) is 48.5 Å². The van der Waals surface area contributed by atoms with Gasteiger partial charge in [0.1, 0.15) is 19.3 Å². The van der Waals surface area contributed by atoms with Crippen molar-refractivity contribution in [2.45, 2.75) is 6.17 Å². The van der Waals surface area contributed by atoms with Gasteiger partial charge in [-0.25, -0.2) is 0 Å². The third kappa shape index (κ3) is 2.70. The van der Waals surface area contributed by atoms with Crippen molar-refractivity contribution in [3.8, 4) is 0 Å². The molecule has 0 aliphatic carbocycles. The van der Waals surface area contributed by atoms with Gasteiger partial charge < -0.3 is 15.0 Å². The third-order valence-corrected chi connectivity index (χ3v) is 4.85. The highest BCUT2D eigenvalue weighted by Crippen LogP contribution is 2.44. The lowest BCUT2D eigenvalue weighted by molar-refractivity contribution is -0.141. The van der Waals surface area contributed by atoms with Crippen molar-refractivity contribution in [3.63, 3.8) is 0 Å². The van der Waals surface area contributed by atoms with Crippen LogP contribution in [0.15, 0.2) is 48.5 Å². The first kappa shape index (κ1) is 17.7. The Morgan fingerprint density at radius 1 is 1.00 bits per heavy atom. The molecular weight excluding hydrogens is 362 g/mol. The molecule has 1 atom stereocenters. The van der Waals surface area contributed by atoms with Crippen LogP contribution in [0.3, 0.4) is 0 Å². The maximum atomic E-state index is 13.1. The molecule has 3 amide bonds. The second-order valence-corrected chi connectivity index (χ2v) is 6.44. The molecule has 0 radical (unpaired) electrons. The highest BCUT2D eigenvalue weighted by Gasteiger charge is 2.47.